The number of nitrogens with one attached hydrogen (secondary N) is 1. The maximum Gasteiger partial charge on any atom is 0.243 e. The van der Waals surface area contributed by atoms with Crippen LogP contribution in [-0.2, 0) is 32.6 Å². The second-order valence-corrected chi connectivity index (χ2v) is 12.8. The van der Waals surface area contributed by atoms with Crippen molar-refractivity contribution in [2.45, 2.75) is 52.1 Å². The number of anilines is 1. The van der Waals surface area contributed by atoms with E-state index in [-0.39, 0.29) is 37.7 Å². The number of halogens is 2. The number of carbonyl (C=O) groups excluding carboxylic acids is 2. The van der Waals surface area contributed by atoms with Gasteiger partial charge in [0.05, 0.1) is 18.6 Å². The van der Waals surface area contributed by atoms with Gasteiger partial charge in [-0.05, 0) is 55.2 Å². The van der Waals surface area contributed by atoms with Gasteiger partial charge in [0, 0.05) is 42.5 Å². The quantitative estimate of drug-likeness (QED) is 0.203. The van der Waals surface area contributed by atoms with Crippen LogP contribution in [0.1, 0.15) is 44.2 Å². The van der Waals surface area contributed by atoms with Crippen LogP contribution in [0.15, 0.2) is 72.8 Å². The van der Waals surface area contributed by atoms with Crippen molar-refractivity contribution in [2.75, 3.05) is 30.3 Å². The van der Waals surface area contributed by atoms with Crippen molar-refractivity contribution in [3.63, 3.8) is 0 Å². The number of hydrogen-bond acceptors (Lipinski definition) is 5. The lowest BCUT2D eigenvalue weighted by atomic mass is 10.0. The average Bonchev–Trinajstić information content (AvgIpc) is 2.97. The molecular formula is C32H39Cl2N3O5S. The fourth-order valence-corrected chi connectivity index (χ4v) is 6.11. The number of para-hydroxylation sites is 2. The Morgan fingerprint density at radius 1 is 0.977 bits per heavy atom. The van der Waals surface area contributed by atoms with E-state index in [9.17, 15) is 18.0 Å². The van der Waals surface area contributed by atoms with E-state index in [2.05, 4.69) is 5.32 Å². The summed E-state index contributed by atoms with van der Waals surface area (Å²) in [5.41, 5.74) is 1.95. The predicted molar refractivity (Wildman–Crippen MR) is 173 cm³/mol. The lowest BCUT2D eigenvalue weighted by Gasteiger charge is -2.32. The van der Waals surface area contributed by atoms with Crippen LogP contribution >= 0.6 is 23.2 Å². The maximum atomic E-state index is 14.0. The van der Waals surface area contributed by atoms with Gasteiger partial charge in [0.2, 0.25) is 21.8 Å². The van der Waals surface area contributed by atoms with Crippen LogP contribution in [0.5, 0.6) is 5.75 Å². The molecule has 0 saturated carbocycles. The Morgan fingerprint density at radius 3 is 2.33 bits per heavy atom. The minimum Gasteiger partial charge on any atom is -0.492 e. The van der Waals surface area contributed by atoms with Crippen LogP contribution in [0.25, 0.3) is 0 Å². The van der Waals surface area contributed by atoms with E-state index in [1.807, 2.05) is 44.2 Å². The molecule has 2 amide bonds. The molecule has 0 bridgehead atoms. The number of amides is 2. The number of carbonyl (C=O) groups is 2. The van der Waals surface area contributed by atoms with Crippen molar-refractivity contribution in [1.82, 2.24) is 10.2 Å². The Balaban J connectivity index is 1.91. The van der Waals surface area contributed by atoms with Crippen molar-refractivity contribution >= 4 is 50.7 Å². The van der Waals surface area contributed by atoms with E-state index in [0.29, 0.717) is 46.6 Å². The summed E-state index contributed by atoms with van der Waals surface area (Å²) in [4.78, 5) is 29.0. The number of hydrogen-bond donors (Lipinski definition) is 1. The highest BCUT2D eigenvalue weighted by atomic mass is 35.5. The van der Waals surface area contributed by atoms with Crippen LogP contribution in [0.3, 0.4) is 0 Å². The second-order valence-electron chi connectivity index (χ2n) is 10.1. The van der Waals surface area contributed by atoms with Crippen LogP contribution in [0.2, 0.25) is 10.0 Å². The molecule has 232 valence electrons. The molecule has 0 fully saturated rings. The first kappa shape index (κ1) is 34.2. The van der Waals surface area contributed by atoms with Gasteiger partial charge >= 0.3 is 0 Å². The van der Waals surface area contributed by atoms with E-state index in [1.165, 1.54) is 9.21 Å². The molecule has 0 aliphatic carbocycles. The number of benzene rings is 3. The zero-order valence-electron chi connectivity index (χ0n) is 24.8. The first-order chi connectivity index (χ1) is 20.5. The molecular weight excluding hydrogens is 609 g/mol. The largest absolute Gasteiger partial charge is 0.492 e. The van der Waals surface area contributed by atoms with Gasteiger partial charge < -0.3 is 15.0 Å². The first-order valence-corrected chi connectivity index (χ1v) is 16.9. The molecule has 0 unspecified atom stereocenters. The smallest absolute Gasteiger partial charge is 0.243 e. The summed E-state index contributed by atoms with van der Waals surface area (Å²) in [7, 11) is -3.68. The zero-order valence-corrected chi connectivity index (χ0v) is 27.1. The van der Waals surface area contributed by atoms with Crippen LogP contribution in [0, 0.1) is 0 Å². The van der Waals surface area contributed by atoms with E-state index in [4.69, 9.17) is 27.9 Å². The molecule has 43 heavy (non-hydrogen) atoms. The SMILES string of the molecule is CCCNC(=O)[C@@H](Cc1ccccc1)N(Cc1ccc(Cl)cc1Cl)C(=O)CCCN(c1ccccc1OCC)S(C)(=O)=O. The Kier molecular flexibility index (Phi) is 13.2. The summed E-state index contributed by atoms with van der Waals surface area (Å²) in [5, 5.41) is 3.79. The molecule has 1 atom stereocenters. The van der Waals surface area contributed by atoms with Crippen molar-refractivity contribution in [2.24, 2.45) is 0 Å². The highest BCUT2D eigenvalue weighted by Gasteiger charge is 2.31. The molecule has 3 rings (SSSR count). The second kappa shape index (κ2) is 16.5. The minimum atomic E-state index is -3.68. The van der Waals surface area contributed by atoms with Gasteiger partial charge in [0.25, 0.3) is 0 Å². The maximum absolute atomic E-state index is 14.0. The van der Waals surface area contributed by atoms with E-state index in [1.54, 1.807) is 42.5 Å². The van der Waals surface area contributed by atoms with Gasteiger partial charge in [0.1, 0.15) is 11.8 Å². The van der Waals surface area contributed by atoms with E-state index < -0.39 is 16.1 Å². The van der Waals surface area contributed by atoms with Gasteiger partial charge in [-0.2, -0.15) is 0 Å². The summed E-state index contributed by atoms with van der Waals surface area (Å²) >= 11 is 12.6. The molecule has 0 aliphatic rings. The van der Waals surface area contributed by atoms with Crippen molar-refractivity contribution in [1.29, 1.82) is 0 Å². The molecule has 0 radical (unpaired) electrons. The molecule has 0 aliphatic heterocycles. The van der Waals surface area contributed by atoms with Crippen LogP contribution in [0.4, 0.5) is 5.69 Å². The minimum absolute atomic E-state index is 0.000375. The molecule has 0 saturated heterocycles. The Labute approximate surface area is 265 Å². The van der Waals surface area contributed by atoms with Gasteiger partial charge in [-0.3, -0.25) is 13.9 Å². The summed E-state index contributed by atoms with van der Waals surface area (Å²) < 4.78 is 32.5. The van der Waals surface area contributed by atoms with Crippen molar-refractivity contribution in [3.8, 4) is 5.75 Å². The number of nitrogens with zero attached hydrogens (tertiary/aromatic N) is 2. The lowest BCUT2D eigenvalue weighted by Crippen LogP contribution is -2.50. The molecule has 8 nitrogen and oxygen atoms in total. The number of sulfonamides is 1. The van der Waals surface area contributed by atoms with Crippen molar-refractivity contribution in [3.05, 3.63) is 94.0 Å². The molecule has 11 heteroatoms. The summed E-state index contributed by atoms with van der Waals surface area (Å²) in [6.07, 6.45) is 2.38. The summed E-state index contributed by atoms with van der Waals surface area (Å²) in [6, 6.07) is 20.6. The molecule has 0 heterocycles. The third kappa shape index (κ3) is 10.2. The predicted octanol–water partition coefficient (Wildman–Crippen LogP) is 6.10. The fourth-order valence-electron chi connectivity index (χ4n) is 4.68. The average molecular weight is 649 g/mol. The molecule has 0 aromatic heterocycles. The van der Waals surface area contributed by atoms with Gasteiger partial charge in [-0.15, -0.1) is 0 Å². The standard InChI is InChI=1S/C32H39Cl2N3O5S/c1-4-19-35-32(39)29(21-24-12-7-6-8-13-24)36(23-25-17-18-26(33)22-27(25)34)31(38)16-11-20-37(43(3,40)41)28-14-9-10-15-30(28)42-5-2/h6-10,12-15,17-18,22,29H,4-5,11,16,19-21,23H2,1-3H3,(H,35,39)/t29-/m1/s1. The van der Waals surface area contributed by atoms with Gasteiger partial charge in [-0.25, -0.2) is 8.42 Å². The topological polar surface area (TPSA) is 96.0 Å². The Bertz CT molecular complexity index is 1470. The fraction of sp³-hybridized carbons (Fsp3) is 0.375. The number of ether oxygens (including phenoxy) is 1. The van der Waals surface area contributed by atoms with E-state index >= 15 is 0 Å². The highest BCUT2D eigenvalue weighted by molar-refractivity contribution is 7.92. The van der Waals surface area contributed by atoms with Crippen LogP contribution in [-0.4, -0.2) is 57.1 Å². The number of rotatable bonds is 16. The third-order valence-corrected chi connectivity index (χ3v) is 8.53. The lowest BCUT2D eigenvalue weighted by molar-refractivity contribution is -0.141. The molecule has 0 spiro atoms. The van der Waals surface area contributed by atoms with Gasteiger partial charge in [-0.1, -0.05) is 78.7 Å². The van der Waals surface area contributed by atoms with Crippen LogP contribution < -0.4 is 14.4 Å². The monoisotopic (exact) mass is 647 g/mol. The van der Waals surface area contributed by atoms with Gasteiger partial charge in [0.15, 0.2) is 0 Å². The zero-order chi connectivity index (χ0) is 31.4. The Hall–Kier alpha value is -3.27. The molecule has 3 aromatic rings. The molecule has 3 aromatic carbocycles. The van der Waals surface area contributed by atoms with Crippen molar-refractivity contribution < 1.29 is 22.7 Å². The Morgan fingerprint density at radius 2 is 1.67 bits per heavy atom. The summed E-state index contributed by atoms with van der Waals surface area (Å²) in [6.45, 7) is 4.75. The first-order valence-electron chi connectivity index (χ1n) is 14.3. The van der Waals surface area contributed by atoms with E-state index in [0.717, 1.165) is 18.2 Å². The summed E-state index contributed by atoms with van der Waals surface area (Å²) in [5.74, 6) is -0.131. The third-order valence-electron chi connectivity index (χ3n) is 6.76. The molecule has 1 N–H and O–H groups in total. The highest BCUT2D eigenvalue weighted by Crippen LogP contribution is 2.30. The normalized spacial score (nSPS) is 11.9.